The molecular formula is C12H18N4O. The molecule has 5 heteroatoms. The highest BCUT2D eigenvalue weighted by molar-refractivity contribution is 5.78. The molecule has 1 aliphatic rings. The highest BCUT2D eigenvalue weighted by Gasteiger charge is 2.15. The molecule has 0 bridgehead atoms. The average molecular weight is 234 g/mol. The molecule has 1 aromatic heterocycles. The van der Waals surface area contributed by atoms with Gasteiger partial charge < -0.3 is 10.2 Å². The summed E-state index contributed by atoms with van der Waals surface area (Å²) in [5, 5.41) is 3.11. The first-order chi connectivity index (χ1) is 8.36. The molecule has 0 atom stereocenters. The van der Waals surface area contributed by atoms with Crippen molar-refractivity contribution in [2.24, 2.45) is 0 Å². The predicted molar refractivity (Wildman–Crippen MR) is 64.2 cm³/mol. The van der Waals surface area contributed by atoms with Crippen LogP contribution < -0.4 is 5.32 Å². The van der Waals surface area contributed by atoms with Crippen molar-refractivity contribution >= 4 is 5.91 Å². The number of likely N-dealkylation sites (tertiary alicyclic amines) is 1. The number of piperidine rings is 1. The molecular weight excluding hydrogens is 216 g/mol. The first kappa shape index (κ1) is 12.0. The summed E-state index contributed by atoms with van der Waals surface area (Å²) < 4.78 is 0. The van der Waals surface area contributed by atoms with Gasteiger partial charge in [0.1, 0.15) is 0 Å². The largest absolute Gasteiger partial charge is 0.342 e. The van der Waals surface area contributed by atoms with E-state index in [1.54, 1.807) is 18.6 Å². The SMILES string of the molecule is O=C(CNCc1cnccn1)N1CCCCC1. The Kier molecular flexibility index (Phi) is 4.44. The van der Waals surface area contributed by atoms with Crippen molar-refractivity contribution < 1.29 is 4.79 Å². The van der Waals surface area contributed by atoms with Crippen LogP contribution >= 0.6 is 0 Å². The molecule has 1 aromatic rings. The summed E-state index contributed by atoms with van der Waals surface area (Å²) in [4.78, 5) is 21.9. The van der Waals surface area contributed by atoms with Gasteiger partial charge in [-0.2, -0.15) is 0 Å². The van der Waals surface area contributed by atoms with E-state index in [4.69, 9.17) is 0 Å². The van der Waals surface area contributed by atoms with Crippen molar-refractivity contribution in [3.8, 4) is 0 Å². The monoisotopic (exact) mass is 234 g/mol. The lowest BCUT2D eigenvalue weighted by molar-refractivity contribution is -0.131. The first-order valence-electron chi connectivity index (χ1n) is 6.09. The Morgan fingerprint density at radius 1 is 1.29 bits per heavy atom. The van der Waals surface area contributed by atoms with Crippen molar-refractivity contribution in [3.05, 3.63) is 24.3 Å². The van der Waals surface area contributed by atoms with E-state index in [0.29, 0.717) is 13.1 Å². The molecule has 0 aliphatic carbocycles. The number of amides is 1. The molecule has 0 radical (unpaired) electrons. The van der Waals surface area contributed by atoms with Gasteiger partial charge in [0.15, 0.2) is 0 Å². The second-order valence-corrected chi connectivity index (χ2v) is 4.24. The van der Waals surface area contributed by atoms with Crippen LogP contribution in [0.2, 0.25) is 0 Å². The molecule has 1 fully saturated rings. The summed E-state index contributed by atoms with van der Waals surface area (Å²) in [6.45, 7) is 2.79. The number of carbonyl (C=O) groups excluding carboxylic acids is 1. The quantitative estimate of drug-likeness (QED) is 0.828. The van der Waals surface area contributed by atoms with Gasteiger partial charge in [0.25, 0.3) is 0 Å². The first-order valence-corrected chi connectivity index (χ1v) is 6.09. The van der Waals surface area contributed by atoms with Crippen LogP contribution in [0.25, 0.3) is 0 Å². The van der Waals surface area contributed by atoms with E-state index in [1.165, 1.54) is 6.42 Å². The Bertz CT molecular complexity index is 349. The highest BCUT2D eigenvalue weighted by atomic mass is 16.2. The lowest BCUT2D eigenvalue weighted by Crippen LogP contribution is -2.41. The van der Waals surface area contributed by atoms with Crippen molar-refractivity contribution in [2.45, 2.75) is 25.8 Å². The zero-order chi connectivity index (χ0) is 11.9. The van der Waals surface area contributed by atoms with E-state index in [0.717, 1.165) is 31.6 Å². The van der Waals surface area contributed by atoms with E-state index in [9.17, 15) is 4.79 Å². The minimum atomic E-state index is 0.189. The van der Waals surface area contributed by atoms with Crippen LogP contribution in [0, 0.1) is 0 Å². The number of nitrogens with zero attached hydrogens (tertiary/aromatic N) is 3. The van der Waals surface area contributed by atoms with E-state index in [-0.39, 0.29) is 5.91 Å². The van der Waals surface area contributed by atoms with E-state index in [2.05, 4.69) is 15.3 Å². The van der Waals surface area contributed by atoms with Crippen molar-refractivity contribution in [2.75, 3.05) is 19.6 Å². The van der Waals surface area contributed by atoms with Crippen molar-refractivity contribution in [1.82, 2.24) is 20.2 Å². The molecule has 5 nitrogen and oxygen atoms in total. The molecule has 0 spiro atoms. The molecule has 1 aliphatic heterocycles. The minimum Gasteiger partial charge on any atom is -0.342 e. The summed E-state index contributed by atoms with van der Waals surface area (Å²) in [5.41, 5.74) is 0.860. The molecule has 0 aromatic carbocycles. The van der Waals surface area contributed by atoms with Crippen LogP contribution in [0.4, 0.5) is 0 Å². The fraction of sp³-hybridized carbons (Fsp3) is 0.583. The standard InChI is InChI=1S/C12H18N4O/c17-12(16-6-2-1-3-7-16)10-14-9-11-8-13-4-5-15-11/h4-5,8,14H,1-3,6-7,9-10H2. The normalized spacial score (nSPS) is 15.9. The Hall–Kier alpha value is -1.49. The van der Waals surface area contributed by atoms with E-state index >= 15 is 0 Å². The number of nitrogens with one attached hydrogen (secondary N) is 1. The second kappa shape index (κ2) is 6.30. The van der Waals surface area contributed by atoms with Crippen LogP contribution in [0.5, 0.6) is 0 Å². The fourth-order valence-corrected chi connectivity index (χ4v) is 1.97. The third-order valence-electron chi connectivity index (χ3n) is 2.91. The lowest BCUT2D eigenvalue weighted by Gasteiger charge is -2.26. The maximum absolute atomic E-state index is 11.8. The minimum absolute atomic E-state index is 0.189. The molecule has 2 heterocycles. The van der Waals surface area contributed by atoms with Gasteiger partial charge in [-0.25, -0.2) is 0 Å². The third kappa shape index (κ3) is 3.78. The Morgan fingerprint density at radius 2 is 2.12 bits per heavy atom. The summed E-state index contributed by atoms with van der Waals surface area (Å²) in [5.74, 6) is 0.189. The zero-order valence-corrected chi connectivity index (χ0v) is 9.93. The van der Waals surface area contributed by atoms with Gasteiger partial charge in [-0.1, -0.05) is 0 Å². The van der Waals surface area contributed by atoms with Gasteiger partial charge in [0.2, 0.25) is 5.91 Å². The smallest absolute Gasteiger partial charge is 0.236 e. The lowest BCUT2D eigenvalue weighted by atomic mass is 10.1. The Morgan fingerprint density at radius 3 is 2.82 bits per heavy atom. The third-order valence-corrected chi connectivity index (χ3v) is 2.91. The maximum Gasteiger partial charge on any atom is 0.236 e. The van der Waals surface area contributed by atoms with Crippen LogP contribution in [0.3, 0.4) is 0 Å². The zero-order valence-electron chi connectivity index (χ0n) is 9.93. The highest BCUT2D eigenvalue weighted by Crippen LogP contribution is 2.08. The average Bonchev–Trinajstić information content (AvgIpc) is 2.41. The summed E-state index contributed by atoms with van der Waals surface area (Å²) in [6.07, 6.45) is 8.52. The molecule has 0 unspecified atom stereocenters. The van der Waals surface area contributed by atoms with Crippen molar-refractivity contribution in [3.63, 3.8) is 0 Å². The number of carbonyl (C=O) groups is 1. The maximum atomic E-state index is 11.8. The summed E-state index contributed by atoms with van der Waals surface area (Å²) in [6, 6.07) is 0. The molecule has 1 saturated heterocycles. The van der Waals surface area contributed by atoms with Gasteiger partial charge in [-0.15, -0.1) is 0 Å². The molecule has 2 rings (SSSR count). The Labute approximate surface area is 101 Å². The topological polar surface area (TPSA) is 58.1 Å². The predicted octanol–water partition coefficient (Wildman–Crippen LogP) is 0.579. The second-order valence-electron chi connectivity index (χ2n) is 4.24. The van der Waals surface area contributed by atoms with Gasteiger partial charge in [0.05, 0.1) is 12.2 Å². The Balaban J connectivity index is 1.69. The van der Waals surface area contributed by atoms with Crippen LogP contribution in [-0.2, 0) is 11.3 Å². The molecule has 1 amide bonds. The summed E-state index contributed by atoms with van der Waals surface area (Å²) in [7, 11) is 0. The molecule has 0 saturated carbocycles. The molecule has 92 valence electrons. The molecule has 1 N–H and O–H groups in total. The van der Waals surface area contributed by atoms with Gasteiger partial charge in [-0.3, -0.25) is 14.8 Å². The number of hydrogen-bond donors (Lipinski definition) is 1. The number of aromatic nitrogens is 2. The number of hydrogen-bond acceptors (Lipinski definition) is 4. The van der Waals surface area contributed by atoms with E-state index in [1.807, 2.05) is 4.90 Å². The van der Waals surface area contributed by atoms with E-state index < -0.39 is 0 Å². The van der Waals surface area contributed by atoms with Gasteiger partial charge >= 0.3 is 0 Å². The number of rotatable bonds is 4. The van der Waals surface area contributed by atoms with Crippen LogP contribution in [0.15, 0.2) is 18.6 Å². The summed E-state index contributed by atoms with van der Waals surface area (Å²) >= 11 is 0. The van der Waals surface area contributed by atoms with Gasteiger partial charge in [0, 0.05) is 38.2 Å². The van der Waals surface area contributed by atoms with Crippen LogP contribution in [-0.4, -0.2) is 40.4 Å². The van der Waals surface area contributed by atoms with Gasteiger partial charge in [-0.05, 0) is 19.3 Å². The van der Waals surface area contributed by atoms with Crippen molar-refractivity contribution in [1.29, 1.82) is 0 Å². The molecule has 17 heavy (non-hydrogen) atoms. The fourth-order valence-electron chi connectivity index (χ4n) is 1.97. The van der Waals surface area contributed by atoms with Crippen LogP contribution in [0.1, 0.15) is 25.0 Å².